The van der Waals surface area contributed by atoms with Crippen LogP contribution in [0.3, 0.4) is 0 Å². The van der Waals surface area contributed by atoms with E-state index in [1.807, 2.05) is 18.2 Å². The maximum atomic E-state index is 11.6. The molecule has 0 N–H and O–H groups in total. The molecule has 3 nitrogen and oxygen atoms in total. The first-order valence-electron chi connectivity index (χ1n) is 7.00. The SMILES string of the molecule is CC1(C)CCC(COc2ccc3c(c2)CCC3=O)O1. The molecule has 1 atom stereocenters. The van der Waals surface area contributed by atoms with Crippen molar-refractivity contribution in [2.45, 2.75) is 51.2 Å². The number of Topliss-reactive ketones (excluding diaryl/α,β-unsaturated/α-hetero) is 1. The first-order chi connectivity index (χ1) is 9.03. The Kier molecular flexibility index (Phi) is 3.09. The second-order valence-electron chi connectivity index (χ2n) is 6.09. The van der Waals surface area contributed by atoms with Crippen molar-refractivity contribution in [3.05, 3.63) is 29.3 Å². The second kappa shape index (κ2) is 4.64. The molecular formula is C16H20O3. The number of hydrogen-bond donors (Lipinski definition) is 0. The molecule has 2 aliphatic rings. The highest BCUT2D eigenvalue weighted by Gasteiger charge is 2.32. The van der Waals surface area contributed by atoms with Crippen molar-refractivity contribution < 1.29 is 14.3 Å². The third-order valence-corrected chi connectivity index (χ3v) is 3.99. The van der Waals surface area contributed by atoms with E-state index in [-0.39, 0.29) is 17.5 Å². The molecule has 102 valence electrons. The predicted octanol–water partition coefficient (Wildman–Crippen LogP) is 3.15. The van der Waals surface area contributed by atoms with Crippen LogP contribution in [0.4, 0.5) is 0 Å². The number of benzene rings is 1. The Labute approximate surface area is 113 Å². The molecule has 0 radical (unpaired) electrons. The van der Waals surface area contributed by atoms with E-state index in [1.165, 1.54) is 0 Å². The van der Waals surface area contributed by atoms with E-state index in [1.54, 1.807) is 0 Å². The minimum absolute atomic E-state index is 0.0155. The number of carbonyl (C=O) groups excluding carboxylic acids is 1. The molecule has 1 aliphatic heterocycles. The zero-order valence-electron chi connectivity index (χ0n) is 11.6. The van der Waals surface area contributed by atoms with Gasteiger partial charge in [-0.05, 0) is 56.9 Å². The van der Waals surface area contributed by atoms with Gasteiger partial charge in [-0.2, -0.15) is 0 Å². The van der Waals surface area contributed by atoms with Crippen molar-refractivity contribution in [3.8, 4) is 5.75 Å². The van der Waals surface area contributed by atoms with Crippen LogP contribution in [-0.2, 0) is 11.2 Å². The number of carbonyl (C=O) groups is 1. The third kappa shape index (κ3) is 2.66. The Morgan fingerprint density at radius 1 is 1.37 bits per heavy atom. The molecule has 0 spiro atoms. The lowest BCUT2D eigenvalue weighted by molar-refractivity contribution is -0.0326. The van der Waals surface area contributed by atoms with E-state index in [9.17, 15) is 4.79 Å². The highest BCUT2D eigenvalue weighted by Crippen LogP contribution is 2.30. The molecule has 1 saturated heterocycles. The molecule has 3 rings (SSSR count). The van der Waals surface area contributed by atoms with E-state index in [2.05, 4.69) is 13.8 Å². The lowest BCUT2D eigenvalue weighted by Crippen LogP contribution is -2.23. The van der Waals surface area contributed by atoms with Crippen LogP contribution >= 0.6 is 0 Å². The number of hydrogen-bond acceptors (Lipinski definition) is 3. The fraction of sp³-hybridized carbons (Fsp3) is 0.562. The van der Waals surface area contributed by atoms with Crippen molar-refractivity contribution in [1.29, 1.82) is 0 Å². The van der Waals surface area contributed by atoms with Gasteiger partial charge in [0.1, 0.15) is 12.4 Å². The average molecular weight is 260 g/mol. The molecule has 1 unspecified atom stereocenters. The van der Waals surface area contributed by atoms with Crippen LogP contribution in [0, 0.1) is 0 Å². The smallest absolute Gasteiger partial charge is 0.163 e. The summed E-state index contributed by atoms with van der Waals surface area (Å²) in [6.45, 7) is 4.83. The molecule has 1 heterocycles. The second-order valence-corrected chi connectivity index (χ2v) is 6.09. The van der Waals surface area contributed by atoms with E-state index >= 15 is 0 Å². The molecule has 0 bridgehead atoms. The number of ether oxygens (including phenoxy) is 2. The molecule has 0 aromatic heterocycles. The number of ketones is 1. The van der Waals surface area contributed by atoms with Crippen molar-refractivity contribution >= 4 is 5.78 Å². The van der Waals surface area contributed by atoms with Gasteiger partial charge in [-0.1, -0.05) is 0 Å². The van der Waals surface area contributed by atoms with Gasteiger partial charge in [0.2, 0.25) is 0 Å². The molecule has 3 heteroatoms. The Morgan fingerprint density at radius 2 is 2.21 bits per heavy atom. The van der Waals surface area contributed by atoms with Gasteiger partial charge in [0.05, 0.1) is 11.7 Å². The first-order valence-corrected chi connectivity index (χ1v) is 7.00. The third-order valence-electron chi connectivity index (χ3n) is 3.99. The summed E-state index contributed by atoms with van der Waals surface area (Å²) in [6, 6.07) is 5.78. The molecule has 1 aromatic carbocycles. The largest absolute Gasteiger partial charge is 0.491 e. The summed E-state index contributed by atoms with van der Waals surface area (Å²) in [5, 5.41) is 0. The summed E-state index contributed by atoms with van der Waals surface area (Å²) in [5.74, 6) is 1.10. The van der Waals surface area contributed by atoms with Crippen molar-refractivity contribution in [1.82, 2.24) is 0 Å². The van der Waals surface area contributed by atoms with Gasteiger partial charge in [0.25, 0.3) is 0 Å². The van der Waals surface area contributed by atoms with Gasteiger partial charge < -0.3 is 9.47 Å². The topological polar surface area (TPSA) is 35.5 Å². The fourth-order valence-corrected chi connectivity index (χ4v) is 2.91. The summed E-state index contributed by atoms with van der Waals surface area (Å²) >= 11 is 0. The van der Waals surface area contributed by atoms with Crippen LogP contribution in [0.2, 0.25) is 0 Å². The summed E-state index contributed by atoms with van der Waals surface area (Å²) in [5.41, 5.74) is 1.97. The Morgan fingerprint density at radius 3 is 2.95 bits per heavy atom. The van der Waals surface area contributed by atoms with Crippen LogP contribution in [0.25, 0.3) is 0 Å². The monoisotopic (exact) mass is 260 g/mol. The summed E-state index contributed by atoms with van der Waals surface area (Å²) in [4.78, 5) is 11.6. The van der Waals surface area contributed by atoms with Gasteiger partial charge in [-0.15, -0.1) is 0 Å². The predicted molar refractivity (Wildman–Crippen MR) is 72.8 cm³/mol. The summed E-state index contributed by atoms with van der Waals surface area (Å²) in [6.07, 6.45) is 3.80. The van der Waals surface area contributed by atoms with Crippen LogP contribution in [0.5, 0.6) is 5.75 Å². The van der Waals surface area contributed by atoms with Crippen LogP contribution < -0.4 is 4.74 Å². The highest BCUT2D eigenvalue weighted by molar-refractivity contribution is 6.00. The zero-order chi connectivity index (χ0) is 13.5. The minimum Gasteiger partial charge on any atom is -0.491 e. The van der Waals surface area contributed by atoms with Crippen molar-refractivity contribution in [3.63, 3.8) is 0 Å². The molecular weight excluding hydrogens is 240 g/mol. The van der Waals surface area contributed by atoms with Gasteiger partial charge in [-0.3, -0.25) is 4.79 Å². The van der Waals surface area contributed by atoms with E-state index in [0.29, 0.717) is 13.0 Å². The molecule has 1 fully saturated rings. The van der Waals surface area contributed by atoms with Crippen LogP contribution in [0.1, 0.15) is 49.0 Å². The van der Waals surface area contributed by atoms with E-state index in [0.717, 1.165) is 36.1 Å². The lowest BCUT2D eigenvalue weighted by Gasteiger charge is -2.19. The van der Waals surface area contributed by atoms with Gasteiger partial charge in [0, 0.05) is 12.0 Å². The quantitative estimate of drug-likeness (QED) is 0.837. The van der Waals surface area contributed by atoms with E-state index < -0.39 is 0 Å². The molecule has 0 saturated carbocycles. The highest BCUT2D eigenvalue weighted by atomic mass is 16.6. The maximum Gasteiger partial charge on any atom is 0.163 e. The average Bonchev–Trinajstić information content (AvgIpc) is 2.90. The summed E-state index contributed by atoms with van der Waals surface area (Å²) < 4.78 is 11.7. The van der Waals surface area contributed by atoms with Crippen LogP contribution in [0.15, 0.2) is 18.2 Å². The van der Waals surface area contributed by atoms with Crippen LogP contribution in [-0.4, -0.2) is 24.1 Å². The Bertz CT molecular complexity index is 505. The maximum absolute atomic E-state index is 11.6. The molecule has 19 heavy (non-hydrogen) atoms. The Balaban J connectivity index is 1.61. The first kappa shape index (κ1) is 12.7. The minimum atomic E-state index is -0.0155. The van der Waals surface area contributed by atoms with E-state index in [4.69, 9.17) is 9.47 Å². The summed E-state index contributed by atoms with van der Waals surface area (Å²) in [7, 11) is 0. The fourth-order valence-electron chi connectivity index (χ4n) is 2.91. The standard InChI is InChI=1S/C16H20O3/c1-16(2)8-7-13(19-16)10-18-12-4-5-14-11(9-12)3-6-15(14)17/h4-5,9,13H,3,6-8,10H2,1-2H3. The van der Waals surface area contributed by atoms with Gasteiger partial charge in [-0.25, -0.2) is 0 Å². The van der Waals surface area contributed by atoms with Gasteiger partial charge in [0.15, 0.2) is 5.78 Å². The van der Waals surface area contributed by atoms with Crippen molar-refractivity contribution in [2.75, 3.05) is 6.61 Å². The van der Waals surface area contributed by atoms with Crippen molar-refractivity contribution in [2.24, 2.45) is 0 Å². The Hall–Kier alpha value is -1.35. The number of fused-ring (bicyclic) bond motifs is 1. The number of rotatable bonds is 3. The number of aryl methyl sites for hydroxylation is 1. The molecule has 1 aliphatic carbocycles. The van der Waals surface area contributed by atoms with Gasteiger partial charge >= 0.3 is 0 Å². The molecule has 1 aromatic rings. The molecule has 0 amide bonds. The zero-order valence-corrected chi connectivity index (χ0v) is 11.6. The lowest BCUT2D eigenvalue weighted by atomic mass is 10.1. The normalized spacial score (nSPS) is 24.5.